The van der Waals surface area contributed by atoms with Crippen LogP contribution in [0, 0.1) is 0 Å². The summed E-state index contributed by atoms with van der Waals surface area (Å²) < 4.78 is 0. The van der Waals surface area contributed by atoms with E-state index in [1.807, 2.05) is 0 Å². The molecule has 0 amide bonds. The van der Waals surface area contributed by atoms with Crippen molar-refractivity contribution in [3.8, 4) is 0 Å². The van der Waals surface area contributed by atoms with Gasteiger partial charge in [-0.3, -0.25) is 0 Å². The Kier molecular flexibility index (Phi) is 3.53. The van der Waals surface area contributed by atoms with Crippen LogP contribution in [0.1, 0.15) is 64.5 Å². The van der Waals surface area contributed by atoms with Crippen molar-refractivity contribution in [1.29, 1.82) is 0 Å². The first-order valence-corrected chi connectivity index (χ1v) is 7.16. The van der Waals surface area contributed by atoms with Crippen LogP contribution in [0.4, 0.5) is 5.13 Å². The van der Waals surface area contributed by atoms with Crippen molar-refractivity contribution in [3.63, 3.8) is 0 Å². The lowest BCUT2D eigenvalue weighted by Gasteiger charge is -2.21. The fourth-order valence-corrected chi connectivity index (χ4v) is 3.25. The van der Waals surface area contributed by atoms with Crippen LogP contribution in [-0.2, 0) is 0 Å². The van der Waals surface area contributed by atoms with Gasteiger partial charge in [-0.1, -0.05) is 19.3 Å². The third kappa shape index (κ3) is 3.21. The number of aromatic nitrogens is 1. The number of nitrogens with one attached hydrogen (secondary N) is 1. The van der Waals surface area contributed by atoms with Gasteiger partial charge in [0.2, 0.25) is 0 Å². The second-order valence-electron chi connectivity index (χ2n) is 5.79. The van der Waals surface area contributed by atoms with E-state index in [2.05, 4.69) is 31.5 Å². The lowest BCUT2D eigenvalue weighted by molar-refractivity contribution is 0.438. The maximum atomic E-state index is 4.73. The molecule has 1 aromatic rings. The van der Waals surface area contributed by atoms with Crippen molar-refractivity contribution in [1.82, 2.24) is 4.98 Å². The molecule has 3 heteroatoms. The largest absolute Gasteiger partial charge is 0.357 e. The molecule has 2 rings (SSSR count). The minimum Gasteiger partial charge on any atom is -0.357 e. The monoisotopic (exact) mass is 238 g/mol. The normalized spacial score (nSPS) is 18.7. The van der Waals surface area contributed by atoms with Crippen LogP contribution in [-0.4, -0.2) is 10.5 Å². The molecule has 0 bridgehead atoms. The van der Waals surface area contributed by atoms with Gasteiger partial charge in [0.25, 0.3) is 0 Å². The van der Waals surface area contributed by atoms with Crippen LogP contribution in [0.15, 0.2) is 5.38 Å². The highest BCUT2D eigenvalue weighted by atomic mass is 32.1. The average Bonchev–Trinajstić information content (AvgIpc) is 2.65. The van der Waals surface area contributed by atoms with Gasteiger partial charge in [-0.15, -0.1) is 11.3 Å². The molecule has 0 saturated heterocycles. The summed E-state index contributed by atoms with van der Waals surface area (Å²) in [5, 5.41) is 6.77. The molecule has 0 atom stereocenters. The molecule has 1 aromatic heterocycles. The van der Waals surface area contributed by atoms with Gasteiger partial charge < -0.3 is 5.32 Å². The average molecular weight is 238 g/mol. The third-order valence-electron chi connectivity index (χ3n) is 3.03. The fraction of sp³-hybridized carbons (Fsp3) is 0.769. The van der Waals surface area contributed by atoms with Gasteiger partial charge in [-0.2, -0.15) is 0 Å². The Hall–Kier alpha value is -0.570. The molecule has 2 nitrogen and oxygen atoms in total. The van der Waals surface area contributed by atoms with Crippen molar-refractivity contribution in [3.05, 3.63) is 11.1 Å². The van der Waals surface area contributed by atoms with E-state index >= 15 is 0 Å². The first-order chi connectivity index (χ1) is 7.54. The van der Waals surface area contributed by atoms with Gasteiger partial charge in [0, 0.05) is 16.8 Å². The molecule has 1 heterocycles. The van der Waals surface area contributed by atoms with Gasteiger partial charge in [0.15, 0.2) is 5.13 Å². The lowest BCUT2D eigenvalue weighted by atomic mass is 9.87. The molecule has 1 saturated carbocycles. The van der Waals surface area contributed by atoms with E-state index in [1.54, 1.807) is 11.3 Å². The highest BCUT2D eigenvalue weighted by molar-refractivity contribution is 7.13. The van der Waals surface area contributed by atoms with Crippen molar-refractivity contribution in [2.24, 2.45) is 0 Å². The molecule has 0 radical (unpaired) electrons. The summed E-state index contributed by atoms with van der Waals surface area (Å²) >= 11 is 1.75. The van der Waals surface area contributed by atoms with Gasteiger partial charge in [-0.25, -0.2) is 4.98 Å². The zero-order valence-electron chi connectivity index (χ0n) is 10.5. The SMILES string of the molecule is CC(C)(C)Nc1nc(C2CCCCC2)cs1. The molecular formula is C13H22N2S. The first kappa shape index (κ1) is 11.9. The van der Waals surface area contributed by atoms with Crippen LogP contribution in [0.3, 0.4) is 0 Å². The van der Waals surface area contributed by atoms with Crippen LogP contribution in [0.25, 0.3) is 0 Å². The zero-order chi connectivity index (χ0) is 11.6. The quantitative estimate of drug-likeness (QED) is 0.826. The molecule has 16 heavy (non-hydrogen) atoms. The summed E-state index contributed by atoms with van der Waals surface area (Å²) in [4.78, 5) is 4.73. The predicted octanol–water partition coefficient (Wildman–Crippen LogP) is 4.40. The molecule has 1 aliphatic carbocycles. The van der Waals surface area contributed by atoms with Gasteiger partial charge in [-0.05, 0) is 33.6 Å². The third-order valence-corrected chi connectivity index (χ3v) is 3.80. The minimum absolute atomic E-state index is 0.113. The summed E-state index contributed by atoms with van der Waals surface area (Å²) in [5.41, 5.74) is 1.43. The van der Waals surface area contributed by atoms with Crippen molar-refractivity contribution in [2.75, 3.05) is 5.32 Å². The molecule has 0 spiro atoms. The Morgan fingerprint density at radius 3 is 2.56 bits per heavy atom. The van der Waals surface area contributed by atoms with E-state index in [9.17, 15) is 0 Å². The summed E-state index contributed by atoms with van der Waals surface area (Å²) in [6, 6.07) is 0. The molecule has 1 N–H and O–H groups in total. The second kappa shape index (κ2) is 4.74. The number of anilines is 1. The smallest absolute Gasteiger partial charge is 0.183 e. The summed E-state index contributed by atoms with van der Waals surface area (Å²) in [7, 11) is 0. The van der Waals surface area contributed by atoms with E-state index in [1.165, 1.54) is 37.8 Å². The van der Waals surface area contributed by atoms with Crippen LogP contribution in [0.2, 0.25) is 0 Å². The van der Waals surface area contributed by atoms with Crippen molar-refractivity contribution < 1.29 is 0 Å². The summed E-state index contributed by atoms with van der Waals surface area (Å²) in [6.45, 7) is 6.53. The Balaban J connectivity index is 2.01. The van der Waals surface area contributed by atoms with Crippen LogP contribution < -0.4 is 5.32 Å². The fourth-order valence-electron chi connectivity index (χ4n) is 2.25. The van der Waals surface area contributed by atoms with E-state index < -0.39 is 0 Å². The van der Waals surface area contributed by atoms with Gasteiger partial charge >= 0.3 is 0 Å². The van der Waals surface area contributed by atoms with Gasteiger partial charge in [0.05, 0.1) is 5.69 Å². The minimum atomic E-state index is 0.113. The number of thiazole rings is 1. The van der Waals surface area contributed by atoms with Crippen LogP contribution >= 0.6 is 11.3 Å². The molecule has 0 aromatic carbocycles. The van der Waals surface area contributed by atoms with Crippen molar-refractivity contribution >= 4 is 16.5 Å². The molecular weight excluding hydrogens is 216 g/mol. The maximum Gasteiger partial charge on any atom is 0.183 e. The maximum absolute atomic E-state index is 4.73. The molecule has 1 fully saturated rings. The van der Waals surface area contributed by atoms with E-state index in [4.69, 9.17) is 4.98 Å². The molecule has 1 aliphatic rings. The number of nitrogens with zero attached hydrogens (tertiary/aromatic N) is 1. The molecule has 0 aliphatic heterocycles. The second-order valence-corrected chi connectivity index (χ2v) is 6.65. The Morgan fingerprint density at radius 2 is 1.94 bits per heavy atom. The van der Waals surface area contributed by atoms with Crippen molar-refractivity contribution in [2.45, 2.75) is 64.3 Å². The zero-order valence-corrected chi connectivity index (χ0v) is 11.4. The number of rotatable bonds is 2. The Labute approximate surface area is 102 Å². The first-order valence-electron chi connectivity index (χ1n) is 6.28. The Bertz CT molecular complexity index is 332. The Morgan fingerprint density at radius 1 is 1.25 bits per heavy atom. The van der Waals surface area contributed by atoms with Gasteiger partial charge in [0.1, 0.15) is 0 Å². The highest BCUT2D eigenvalue weighted by Gasteiger charge is 2.19. The predicted molar refractivity (Wildman–Crippen MR) is 71.3 cm³/mol. The number of hydrogen-bond acceptors (Lipinski definition) is 3. The molecule has 90 valence electrons. The van der Waals surface area contributed by atoms with E-state index in [0.29, 0.717) is 0 Å². The highest BCUT2D eigenvalue weighted by Crippen LogP contribution is 2.34. The molecule has 0 unspecified atom stereocenters. The van der Waals surface area contributed by atoms with Crippen LogP contribution in [0.5, 0.6) is 0 Å². The lowest BCUT2D eigenvalue weighted by Crippen LogP contribution is -2.25. The standard InChI is InChI=1S/C13H22N2S/c1-13(2,3)15-12-14-11(9-16-12)10-7-5-4-6-8-10/h9-10H,4-8H2,1-3H3,(H,14,15). The summed E-state index contributed by atoms with van der Waals surface area (Å²) in [6.07, 6.45) is 6.83. The number of hydrogen-bond donors (Lipinski definition) is 1. The van der Waals surface area contributed by atoms with E-state index in [-0.39, 0.29) is 5.54 Å². The van der Waals surface area contributed by atoms with E-state index in [0.717, 1.165) is 11.0 Å². The summed E-state index contributed by atoms with van der Waals surface area (Å²) in [5.74, 6) is 0.723. The topological polar surface area (TPSA) is 24.9 Å².